The standard InChI is InChI=1S/C23H40/c1-15-13-17-9-5-7-11-19(17)21(15)23(3,4)22-16(2)14-18-10-6-8-12-20(18)22/h15-22H,5-14H2,1-4H3. The lowest BCUT2D eigenvalue weighted by molar-refractivity contribution is -0.00490. The minimum Gasteiger partial charge on any atom is -0.0622 e. The Hall–Kier alpha value is 0. The van der Waals surface area contributed by atoms with E-state index in [1.165, 1.54) is 25.7 Å². The molecule has 8 unspecified atom stereocenters. The fraction of sp³-hybridized carbons (Fsp3) is 1.00. The predicted molar refractivity (Wildman–Crippen MR) is 99.2 cm³/mol. The van der Waals surface area contributed by atoms with Crippen molar-refractivity contribution >= 4 is 0 Å². The van der Waals surface area contributed by atoms with Gasteiger partial charge in [0.2, 0.25) is 0 Å². The zero-order valence-electron chi connectivity index (χ0n) is 16.2. The molecule has 0 heterocycles. The van der Waals surface area contributed by atoms with Gasteiger partial charge in [-0.2, -0.15) is 0 Å². The summed E-state index contributed by atoms with van der Waals surface area (Å²) < 4.78 is 0. The summed E-state index contributed by atoms with van der Waals surface area (Å²) in [6.07, 6.45) is 15.4. The topological polar surface area (TPSA) is 0 Å². The molecule has 4 aliphatic carbocycles. The Labute approximate surface area is 145 Å². The summed E-state index contributed by atoms with van der Waals surface area (Å²) in [4.78, 5) is 0. The molecular formula is C23H40. The molecule has 0 aromatic heterocycles. The largest absolute Gasteiger partial charge is 0.0622 e. The molecule has 0 amide bonds. The second kappa shape index (κ2) is 6.06. The van der Waals surface area contributed by atoms with Gasteiger partial charge in [-0.05, 0) is 78.4 Å². The lowest BCUT2D eigenvalue weighted by Gasteiger charge is -2.49. The monoisotopic (exact) mass is 316 g/mol. The van der Waals surface area contributed by atoms with Crippen molar-refractivity contribution in [3.05, 3.63) is 0 Å². The molecule has 0 nitrogen and oxygen atoms in total. The van der Waals surface area contributed by atoms with Gasteiger partial charge in [-0.1, -0.05) is 66.2 Å². The van der Waals surface area contributed by atoms with Crippen molar-refractivity contribution in [1.29, 1.82) is 0 Å². The smallest absolute Gasteiger partial charge is 0.0287 e. The molecule has 23 heavy (non-hydrogen) atoms. The van der Waals surface area contributed by atoms with Crippen molar-refractivity contribution in [1.82, 2.24) is 0 Å². The molecule has 132 valence electrons. The molecule has 0 heteroatoms. The van der Waals surface area contributed by atoms with Crippen LogP contribution in [-0.4, -0.2) is 0 Å². The highest BCUT2D eigenvalue weighted by atomic mass is 14.6. The van der Waals surface area contributed by atoms with Crippen LogP contribution < -0.4 is 0 Å². The highest BCUT2D eigenvalue weighted by Crippen LogP contribution is 2.63. The normalized spacial score (nSPS) is 50.6. The van der Waals surface area contributed by atoms with Crippen LogP contribution in [0.1, 0.15) is 91.9 Å². The van der Waals surface area contributed by atoms with Crippen LogP contribution in [0.25, 0.3) is 0 Å². The summed E-state index contributed by atoms with van der Waals surface area (Å²) in [7, 11) is 0. The molecule has 0 aromatic carbocycles. The first-order valence-corrected chi connectivity index (χ1v) is 11.0. The molecule has 0 bridgehead atoms. The maximum Gasteiger partial charge on any atom is -0.0287 e. The molecule has 0 aromatic rings. The Morgan fingerprint density at radius 1 is 0.609 bits per heavy atom. The molecule has 4 aliphatic rings. The molecule has 8 atom stereocenters. The Bertz CT molecular complexity index is 384. The van der Waals surface area contributed by atoms with Gasteiger partial charge in [-0.25, -0.2) is 0 Å². The minimum absolute atomic E-state index is 0.576. The van der Waals surface area contributed by atoms with Crippen molar-refractivity contribution in [3.8, 4) is 0 Å². The molecule has 4 fully saturated rings. The van der Waals surface area contributed by atoms with Crippen LogP contribution in [0.2, 0.25) is 0 Å². The minimum atomic E-state index is 0.576. The van der Waals surface area contributed by atoms with E-state index in [2.05, 4.69) is 27.7 Å². The van der Waals surface area contributed by atoms with Crippen molar-refractivity contribution in [2.24, 2.45) is 52.8 Å². The first-order valence-electron chi connectivity index (χ1n) is 11.0. The number of hydrogen-bond acceptors (Lipinski definition) is 0. The van der Waals surface area contributed by atoms with Crippen molar-refractivity contribution < 1.29 is 0 Å². The van der Waals surface area contributed by atoms with E-state index in [9.17, 15) is 0 Å². The van der Waals surface area contributed by atoms with Crippen LogP contribution in [0.5, 0.6) is 0 Å². The molecule has 4 saturated carbocycles. The van der Waals surface area contributed by atoms with Gasteiger partial charge >= 0.3 is 0 Å². The van der Waals surface area contributed by atoms with E-state index in [1.54, 1.807) is 38.5 Å². The van der Waals surface area contributed by atoms with E-state index >= 15 is 0 Å². The second-order valence-corrected chi connectivity index (χ2v) is 10.7. The zero-order chi connectivity index (χ0) is 16.2. The van der Waals surface area contributed by atoms with Gasteiger partial charge < -0.3 is 0 Å². The van der Waals surface area contributed by atoms with E-state index < -0.39 is 0 Å². The maximum atomic E-state index is 2.71. The number of rotatable bonds is 2. The van der Waals surface area contributed by atoms with E-state index in [1.807, 2.05) is 0 Å². The number of fused-ring (bicyclic) bond motifs is 2. The van der Waals surface area contributed by atoms with Crippen LogP contribution in [0.4, 0.5) is 0 Å². The lowest BCUT2D eigenvalue weighted by atomic mass is 9.56. The van der Waals surface area contributed by atoms with E-state index in [-0.39, 0.29) is 0 Å². The Kier molecular flexibility index (Phi) is 4.34. The van der Waals surface area contributed by atoms with Crippen LogP contribution in [0.3, 0.4) is 0 Å². The average Bonchev–Trinajstić information content (AvgIpc) is 3.02. The molecule has 4 rings (SSSR count). The Morgan fingerprint density at radius 2 is 1.00 bits per heavy atom. The van der Waals surface area contributed by atoms with E-state index in [4.69, 9.17) is 0 Å². The van der Waals surface area contributed by atoms with Crippen molar-refractivity contribution in [3.63, 3.8) is 0 Å². The third-order valence-electron chi connectivity index (χ3n) is 9.15. The van der Waals surface area contributed by atoms with Crippen LogP contribution >= 0.6 is 0 Å². The first kappa shape index (κ1) is 16.5. The van der Waals surface area contributed by atoms with Gasteiger partial charge in [0.25, 0.3) is 0 Å². The highest BCUT2D eigenvalue weighted by molar-refractivity contribution is 5.05. The van der Waals surface area contributed by atoms with Crippen molar-refractivity contribution in [2.45, 2.75) is 91.9 Å². The van der Waals surface area contributed by atoms with Crippen LogP contribution in [0.15, 0.2) is 0 Å². The molecule has 0 N–H and O–H groups in total. The van der Waals surface area contributed by atoms with Gasteiger partial charge in [-0.3, -0.25) is 0 Å². The van der Waals surface area contributed by atoms with Crippen molar-refractivity contribution in [2.75, 3.05) is 0 Å². The molecule has 0 radical (unpaired) electrons. The molecule has 0 spiro atoms. The van der Waals surface area contributed by atoms with E-state index in [0.717, 1.165) is 47.3 Å². The summed E-state index contributed by atoms with van der Waals surface area (Å²) in [5.41, 5.74) is 0.576. The maximum absolute atomic E-state index is 2.71. The Balaban J connectivity index is 1.61. The SMILES string of the molecule is CC1CC2CCCCC2C1C(C)(C)C1C(C)CC2CCCCC21. The Morgan fingerprint density at radius 3 is 1.43 bits per heavy atom. The van der Waals surface area contributed by atoms with Gasteiger partial charge in [0, 0.05) is 0 Å². The summed E-state index contributed by atoms with van der Waals surface area (Å²) in [6.45, 7) is 10.7. The first-order chi connectivity index (χ1) is 11.0. The summed E-state index contributed by atoms with van der Waals surface area (Å²) >= 11 is 0. The fourth-order valence-electron chi connectivity index (χ4n) is 8.89. The second-order valence-electron chi connectivity index (χ2n) is 10.7. The van der Waals surface area contributed by atoms with Gasteiger partial charge in [0.1, 0.15) is 0 Å². The third-order valence-corrected chi connectivity index (χ3v) is 9.15. The van der Waals surface area contributed by atoms with Crippen LogP contribution in [-0.2, 0) is 0 Å². The average molecular weight is 317 g/mol. The third kappa shape index (κ3) is 2.62. The number of hydrogen-bond donors (Lipinski definition) is 0. The quantitative estimate of drug-likeness (QED) is 0.517. The zero-order valence-corrected chi connectivity index (χ0v) is 16.2. The lowest BCUT2D eigenvalue weighted by Crippen LogP contribution is -2.43. The molecule has 0 saturated heterocycles. The predicted octanol–water partition coefficient (Wildman–Crippen LogP) is 6.94. The van der Waals surface area contributed by atoms with Gasteiger partial charge in [0.05, 0.1) is 0 Å². The van der Waals surface area contributed by atoms with Gasteiger partial charge in [-0.15, -0.1) is 0 Å². The van der Waals surface area contributed by atoms with Gasteiger partial charge in [0.15, 0.2) is 0 Å². The summed E-state index contributed by atoms with van der Waals surface area (Å²) in [5.74, 6) is 8.30. The summed E-state index contributed by atoms with van der Waals surface area (Å²) in [5, 5.41) is 0. The molecular weight excluding hydrogens is 276 g/mol. The van der Waals surface area contributed by atoms with Crippen LogP contribution in [0, 0.1) is 52.8 Å². The fourth-order valence-corrected chi connectivity index (χ4v) is 8.89. The summed E-state index contributed by atoms with van der Waals surface area (Å²) in [6, 6.07) is 0. The van der Waals surface area contributed by atoms with E-state index in [0.29, 0.717) is 5.41 Å². The molecule has 0 aliphatic heterocycles. The highest BCUT2D eigenvalue weighted by Gasteiger charge is 2.56.